The van der Waals surface area contributed by atoms with Crippen molar-refractivity contribution in [2.45, 2.75) is 19.3 Å². The molecule has 0 saturated carbocycles. The number of carbonyl (C=O) groups is 1. The third-order valence-electron chi connectivity index (χ3n) is 4.26. The van der Waals surface area contributed by atoms with Crippen LogP contribution in [0.3, 0.4) is 0 Å². The summed E-state index contributed by atoms with van der Waals surface area (Å²) in [5.74, 6) is -0.137. The quantitative estimate of drug-likeness (QED) is 0.767. The van der Waals surface area contributed by atoms with E-state index in [1.165, 1.54) is 24.9 Å². The summed E-state index contributed by atoms with van der Waals surface area (Å²) in [7, 11) is 0. The minimum Gasteiger partial charge on any atom is -0.375 e. The van der Waals surface area contributed by atoms with Crippen molar-refractivity contribution in [3.05, 3.63) is 52.5 Å². The van der Waals surface area contributed by atoms with Crippen molar-refractivity contribution >= 4 is 46.2 Å². The average molecular weight is 378 g/mol. The fourth-order valence-electron chi connectivity index (χ4n) is 2.93. The second-order valence-electron chi connectivity index (χ2n) is 6.10. The normalized spacial score (nSPS) is 14.2. The number of piperidine rings is 1. The Morgan fingerprint density at radius 2 is 1.72 bits per heavy atom. The molecule has 1 amide bonds. The number of nitrogens with one attached hydrogen (secondary N) is 2. The number of carbonyl (C=O) groups excluding carboxylic acids is 1. The van der Waals surface area contributed by atoms with Crippen molar-refractivity contribution in [2.24, 2.45) is 0 Å². The molecule has 0 aliphatic carbocycles. The van der Waals surface area contributed by atoms with Crippen molar-refractivity contribution in [3.63, 3.8) is 0 Å². The summed E-state index contributed by atoms with van der Waals surface area (Å²) >= 11 is 12.1. The van der Waals surface area contributed by atoms with Gasteiger partial charge in [0.25, 0.3) is 0 Å². The summed E-state index contributed by atoms with van der Waals surface area (Å²) in [6, 6.07) is 13.3. The Kier molecular flexibility index (Phi) is 6.05. The van der Waals surface area contributed by atoms with Crippen LogP contribution >= 0.6 is 23.2 Å². The largest absolute Gasteiger partial charge is 0.375 e. The SMILES string of the molecule is O=C(CNc1cccc(Cl)c1Cl)Nc1ccc(N2CCCCC2)cc1. The first-order chi connectivity index (χ1) is 12.1. The van der Waals surface area contributed by atoms with Gasteiger partial charge in [0.05, 0.1) is 22.3 Å². The van der Waals surface area contributed by atoms with Crippen LogP contribution < -0.4 is 15.5 Å². The topological polar surface area (TPSA) is 44.4 Å². The number of anilines is 3. The van der Waals surface area contributed by atoms with Gasteiger partial charge in [0.1, 0.15) is 0 Å². The third-order valence-corrected chi connectivity index (χ3v) is 5.08. The van der Waals surface area contributed by atoms with Gasteiger partial charge < -0.3 is 15.5 Å². The lowest BCUT2D eigenvalue weighted by atomic mass is 10.1. The predicted molar refractivity (Wildman–Crippen MR) is 106 cm³/mol. The molecule has 1 aliphatic heterocycles. The molecule has 0 atom stereocenters. The minimum atomic E-state index is -0.137. The van der Waals surface area contributed by atoms with E-state index in [0.29, 0.717) is 15.7 Å². The number of nitrogens with zero attached hydrogens (tertiary/aromatic N) is 1. The van der Waals surface area contributed by atoms with Crippen molar-refractivity contribution in [1.82, 2.24) is 0 Å². The molecule has 1 heterocycles. The van der Waals surface area contributed by atoms with Crippen LogP contribution in [0.5, 0.6) is 0 Å². The number of amides is 1. The Balaban J connectivity index is 1.53. The predicted octanol–water partition coefficient (Wildman–Crippen LogP) is 5.03. The van der Waals surface area contributed by atoms with Crippen LogP contribution in [-0.4, -0.2) is 25.5 Å². The molecule has 1 fully saturated rings. The van der Waals surface area contributed by atoms with Gasteiger partial charge in [-0.15, -0.1) is 0 Å². The number of rotatable bonds is 5. The Hall–Kier alpha value is -1.91. The number of halogens is 2. The van der Waals surface area contributed by atoms with Gasteiger partial charge in [-0.25, -0.2) is 0 Å². The monoisotopic (exact) mass is 377 g/mol. The van der Waals surface area contributed by atoms with Crippen LogP contribution in [0.25, 0.3) is 0 Å². The Bertz CT molecular complexity index is 728. The fraction of sp³-hybridized carbons (Fsp3) is 0.316. The summed E-state index contributed by atoms with van der Waals surface area (Å²) in [5, 5.41) is 6.76. The lowest BCUT2D eigenvalue weighted by Gasteiger charge is -2.28. The van der Waals surface area contributed by atoms with Crippen molar-refractivity contribution in [2.75, 3.05) is 35.2 Å². The molecule has 25 heavy (non-hydrogen) atoms. The van der Waals surface area contributed by atoms with Crippen LogP contribution in [0.4, 0.5) is 17.1 Å². The van der Waals surface area contributed by atoms with E-state index in [1.54, 1.807) is 18.2 Å². The van der Waals surface area contributed by atoms with Gasteiger partial charge in [-0.3, -0.25) is 4.79 Å². The molecular weight excluding hydrogens is 357 g/mol. The highest BCUT2D eigenvalue weighted by Gasteiger charge is 2.11. The lowest BCUT2D eigenvalue weighted by molar-refractivity contribution is -0.114. The first-order valence-corrected chi connectivity index (χ1v) is 9.22. The van der Waals surface area contributed by atoms with Crippen molar-refractivity contribution in [1.29, 1.82) is 0 Å². The molecule has 3 rings (SSSR count). The molecule has 2 aromatic carbocycles. The zero-order valence-electron chi connectivity index (χ0n) is 13.9. The van der Waals surface area contributed by atoms with Gasteiger partial charge >= 0.3 is 0 Å². The number of benzene rings is 2. The zero-order valence-corrected chi connectivity index (χ0v) is 15.4. The van der Waals surface area contributed by atoms with Crippen LogP contribution in [0, 0.1) is 0 Å². The van der Waals surface area contributed by atoms with E-state index in [1.807, 2.05) is 12.1 Å². The highest BCUT2D eigenvalue weighted by Crippen LogP contribution is 2.29. The molecule has 2 aromatic rings. The van der Waals surface area contributed by atoms with E-state index in [4.69, 9.17) is 23.2 Å². The standard InChI is InChI=1S/C19H21Cl2N3O/c20-16-5-4-6-17(19(16)21)22-13-18(25)23-14-7-9-15(10-8-14)24-11-2-1-3-12-24/h4-10,22H,1-3,11-13H2,(H,23,25). The van der Waals surface area contributed by atoms with Gasteiger partial charge in [0.15, 0.2) is 0 Å². The van der Waals surface area contributed by atoms with E-state index in [2.05, 4.69) is 27.7 Å². The maximum atomic E-state index is 12.1. The maximum absolute atomic E-state index is 12.1. The molecule has 0 spiro atoms. The molecule has 4 nitrogen and oxygen atoms in total. The first kappa shape index (κ1) is 17.9. The van der Waals surface area contributed by atoms with Crippen LogP contribution in [0.1, 0.15) is 19.3 Å². The van der Waals surface area contributed by atoms with Crippen molar-refractivity contribution in [3.8, 4) is 0 Å². The van der Waals surface area contributed by atoms with E-state index in [-0.39, 0.29) is 12.5 Å². The smallest absolute Gasteiger partial charge is 0.243 e. The second kappa shape index (κ2) is 8.45. The van der Waals surface area contributed by atoms with Gasteiger partial charge in [-0.1, -0.05) is 29.3 Å². The lowest BCUT2D eigenvalue weighted by Crippen LogP contribution is -2.29. The maximum Gasteiger partial charge on any atom is 0.243 e. The van der Waals surface area contributed by atoms with Gasteiger partial charge in [0, 0.05) is 24.5 Å². The molecule has 2 N–H and O–H groups in total. The van der Waals surface area contributed by atoms with E-state index < -0.39 is 0 Å². The summed E-state index contributed by atoms with van der Waals surface area (Å²) in [4.78, 5) is 14.5. The fourth-order valence-corrected chi connectivity index (χ4v) is 3.30. The van der Waals surface area contributed by atoms with Gasteiger partial charge in [-0.2, -0.15) is 0 Å². The average Bonchev–Trinajstić information content (AvgIpc) is 2.64. The summed E-state index contributed by atoms with van der Waals surface area (Å²) < 4.78 is 0. The number of hydrogen-bond donors (Lipinski definition) is 2. The Morgan fingerprint density at radius 1 is 1.00 bits per heavy atom. The second-order valence-corrected chi connectivity index (χ2v) is 6.88. The van der Waals surface area contributed by atoms with Crippen molar-refractivity contribution < 1.29 is 4.79 Å². The summed E-state index contributed by atoms with van der Waals surface area (Å²) in [6.45, 7) is 2.33. The molecule has 0 radical (unpaired) electrons. The molecule has 6 heteroatoms. The van der Waals surface area contributed by atoms with Crippen LogP contribution in [-0.2, 0) is 4.79 Å². The minimum absolute atomic E-state index is 0.119. The van der Waals surface area contributed by atoms with E-state index in [0.717, 1.165) is 18.8 Å². The first-order valence-electron chi connectivity index (χ1n) is 8.46. The van der Waals surface area contributed by atoms with E-state index in [9.17, 15) is 4.79 Å². The van der Waals surface area contributed by atoms with Gasteiger partial charge in [0.2, 0.25) is 5.91 Å². The third kappa shape index (κ3) is 4.80. The summed E-state index contributed by atoms with van der Waals surface area (Å²) in [6.07, 6.45) is 3.81. The highest BCUT2D eigenvalue weighted by atomic mass is 35.5. The zero-order chi connectivity index (χ0) is 17.6. The Labute approximate surface area is 158 Å². The van der Waals surface area contributed by atoms with Crippen LogP contribution in [0.2, 0.25) is 10.0 Å². The molecule has 1 aliphatic rings. The molecule has 0 bridgehead atoms. The van der Waals surface area contributed by atoms with E-state index >= 15 is 0 Å². The van der Waals surface area contributed by atoms with Crippen LogP contribution in [0.15, 0.2) is 42.5 Å². The molecular formula is C19H21Cl2N3O. The highest BCUT2D eigenvalue weighted by molar-refractivity contribution is 6.43. The van der Waals surface area contributed by atoms with Gasteiger partial charge in [-0.05, 0) is 55.7 Å². The summed E-state index contributed by atoms with van der Waals surface area (Å²) in [5.41, 5.74) is 2.64. The molecule has 0 aromatic heterocycles. The molecule has 1 saturated heterocycles. The molecule has 132 valence electrons. The number of hydrogen-bond acceptors (Lipinski definition) is 3. The molecule has 0 unspecified atom stereocenters. The Morgan fingerprint density at radius 3 is 2.44 bits per heavy atom.